The van der Waals surface area contributed by atoms with E-state index in [1.54, 1.807) is 6.21 Å². The molecule has 2 heterocycles. The normalized spacial score (nSPS) is 12.0. The van der Waals surface area contributed by atoms with Gasteiger partial charge >= 0.3 is 6.18 Å². The number of nitrogens with zero attached hydrogens (tertiary/aromatic N) is 3. The number of nitrogens with one attached hydrogen (secondary N) is 1. The highest BCUT2D eigenvalue weighted by atomic mass is 35.5. The van der Waals surface area contributed by atoms with Crippen LogP contribution in [0.3, 0.4) is 0 Å². The van der Waals surface area contributed by atoms with Crippen molar-refractivity contribution in [1.82, 2.24) is 9.55 Å². The third kappa shape index (κ3) is 4.04. The summed E-state index contributed by atoms with van der Waals surface area (Å²) in [5, 5.41) is 4.78. The van der Waals surface area contributed by atoms with Crippen LogP contribution < -0.4 is 5.43 Å². The molecule has 1 N–H and O–H groups in total. The van der Waals surface area contributed by atoms with Gasteiger partial charge in [-0.25, -0.2) is 4.98 Å². The van der Waals surface area contributed by atoms with E-state index >= 15 is 0 Å². The van der Waals surface area contributed by atoms with Crippen molar-refractivity contribution in [1.29, 1.82) is 0 Å². The second-order valence-electron chi connectivity index (χ2n) is 6.35. The zero-order valence-electron chi connectivity index (χ0n) is 15.5. The lowest BCUT2D eigenvalue weighted by atomic mass is 10.2. The molecule has 0 aliphatic heterocycles. The summed E-state index contributed by atoms with van der Waals surface area (Å²) < 4.78 is 39.8. The maximum Gasteiger partial charge on any atom is 0.417 e. The highest BCUT2D eigenvalue weighted by molar-refractivity contribution is 6.31. The number of anilines is 1. The standard InChI is InChI=1S/C20H18ClF3N4/c1-12-9-15(14(3)28(12)18-6-4-5-17(21)13(18)2)10-26-27-19-8-7-16(11-25-19)20(22,23)24/h4-11H,1-3H3,(H,25,27)/b26-10-. The number of halogens is 4. The highest BCUT2D eigenvalue weighted by Gasteiger charge is 2.30. The van der Waals surface area contributed by atoms with Gasteiger partial charge in [0.25, 0.3) is 0 Å². The van der Waals surface area contributed by atoms with E-state index < -0.39 is 11.7 Å². The van der Waals surface area contributed by atoms with E-state index in [1.165, 1.54) is 6.07 Å². The molecule has 0 bridgehead atoms. The third-order valence-electron chi connectivity index (χ3n) is 4.42. The molecule has 0 aliphatic carbocycles. The van der Waals surface area contributed by atoms with Crippen LogP contribution in [0.4, 0.5) is 19.0 Å². The van der Waals surface area contributed by atoms with Crippen LogP contribution in [0, 0.1) is 20.8 Å². The van der Waals surface area contributed by atoms with E-state index in [0.717, 1.165) is 40.5 Å². The fourth-order valence-electron chi connectivity index (χ4n) is 2.92. The van der Waals surface area contributed by atoms with E-state index in [-0.39, 0.29) is 5.82 Å². The molecule has 28 heavy (non-hydrogen) atoms. The smallest absolute Gasteiger partial charge is 0.318 e. The summed E-state index contributed by atoms with van der Waals surface area (Å²) in [5.74, 6) is 0.226. The van der Waals surface area contributed by atoms with Crippen LogP contribution in [0.2, 0.25) is 5.02 Å². The second kappa shape index (κ2) is 7.67. The number of alkyl halides is 3. The molecule has 146 valence electrons. The van der Waals surface area contributed by atoms with Gasteiger partial charge in [0.1, 0.15) is 5.82 Å². The fraction of sp³-hybridized carbons (Fsp3) is 0.200. The minimum absolute atomic E-state index is 0.226. The summed E-state index contributed by atoms with van der Waals surface area (Å²) in [7, 11) is 0. The SMILES string of the molecule is Cc1c(Cl)cccc1-n1c(C)cc(/C=N\Nc2ccc(C(F)(F)F)cn2)c1C. The third-order valence-corrected chi connectivity index (χ3v) is 4.83. The quantitative estimate of drug-likeness (QED) is 0.432. The topological polar surface area (TPSA) is 42.2 Å². The number of pyridine rings is 1. The molecule has 3 rings (SSSR count). The Balaban J connectivity index is 1.81. The molecule has 1 aromatic carbocycles. The van der Waals surface area contributed by atoms with E-state index in [9.17, 15) is 13.2 Å². The largest absolute Gasteiger partial charge is 0.417 e. The Morgan fingerprint density at radius 3 is 2.54 bits per heavy atom. The monoisotopic (exact) mass is 406 g/mol. The molecule has 0 saturated carbocycles. The van der Waals surface area contributed by atoms with Crippen LogP contribution in [0.25, 0.3) is 5.69 Å². The first-order valence-corrected chi connectivity index (χ1v) is 8.83. The Hall–Kier alpha value is -2.80. The molecular formula is C20H18ClF3N4. The zero-order valence-corrected chi connectivity index (χ0v) is 16.2. The predicted octanol–water partition coefficient (Wildman–Crippen LogP) is 5.92. The number of rotatable bonds is 4. The molecule has 3 aromatic rings. The van der Waals surface area contributed by atoms with Gasteiger partial charge in [-0.05, 0) is 56.7 Å². The Morgan fingerprint density at radius 1 is 1.14 bits per heavy atom. The number of hydrazone groups is 1. The lowest BCUT2D eigenvalue weighted by Gasteiger charge is -2.13. The van der Waals surface area contributed by atoms with Crippen molar-refractivity contribution >= 4 is 23.6 Å². The van der Waals surface area contributed by atoms with Crippen LogP contribution in [0.1, 0.15) is 28.1 Å². The van der Waals surface area contributed by atoms with Crippen molar-refractivity contribution in [3.8, 4) is 5.69 Å². The summed E-state index contributed by atoms with van der Waals surface area (Å²) in [6, 6.07) is 9.90. The van der Waals surface area contributed by atoms with Crippen LogP contribution in [-0.2, 0) is 6.18 Å². The van der Waals surface area contributed by atoms with Crippen molar-refractivity contribution in [2.75, 3.05) is 5.43 Å². The molecule has 0 radical (unpaired) electrons. The average Bonchev–Trinajstić information content (AvgIpc) is 2.91. The number of benzene rings is 1. The zero-order chi connectivity index (χ0) is 20.5. The van der Waals surface area contributed by atoms with E-state index in [0.29, 0.717) is 5.02 Å². The summed E-state index contributed by atoms with van der Waals surface area (Å²) in [5.41, 5.74) is 6.65. The van der Waals surface area contributed by atoms with Crippen molar-refractivity contribution in [3.05, 3.63) is 75.7 Å². The lowest BCUT2D eigenvalue weighted by molar-refractivity contribution is -0.137. The number of aromatic nitrogens is 2. The molecule has 2 aromatic heterocycles. The Morgan fingerprint density at radius 2 is 1.89 bits per heavy atom. The van der Waals surface area contributed by atoms with Gasteiger partial charge in [0.15, 0.2) is 0 Å². The van der Waals surface area contributed by atoms with Crippen LogP contribution in [0.5, 0.6) is 0 Å². The molecule has 8 heteroatoms. The van der Waals surface area contributed by atoms with E-state index in [2.05, 4.69) is 20.1 Å². The number of aryl methyl sites for hydroxylation is 1. The lowest BCUT2D eigenvalue weighted by Crippen LogP contribution is -2.05. The predicted molar refractivity (Wildman–Crippen MR) is 105 cm³/mol. The van der Waals surface area contributed by atoms with Gasteiger partial charge in [0.05, 0.1) is 11.8 Å². The first kappa shape index (κ1) is 19.9. The van der Waals surface area contributed by atoms with E-state index in [4.69, 9.17) is 11.6 Å². The number of hydrogen-bond donors (Lipinski definition) is 1. The summed E-state index contributed by atoms with van der Waals surface area (Å²) in [6.07, 6.45) is -2.03. The van der Waals surface area contributed by atoms with E-state index in [1.807, 2.05) is 45.0 Å². The highest BCUT2D eigenvalue weighted by Crippen LogP contribution is 2.29. The Labute approximate surface area is 165 Å². The summed E-state index contributed by atoms with van der Waals surface area (Å²) in [6.45, 7) is 5.91. The summed E-state index contributed by atoms with van der Waals surface area (Å²) in [4.78, 5) is 3.73. The van der Waals surface area contributed by atoms with Crippen molar-refractivity contribution < 1.29 is 13.2 Å². The van der Waals surface area contributed by atoms with Gasteiger partial charge in [0.2, 0.25) is 0 Å². The van der Waals surface area contributed by atoms with Crippen LogP contribution >= 0.6 is 11.6 Å². The molecule has 0 unspecified atom stereocenters. The second-order valence-corrected chi connectivity index (χ2v) is 6.75. The molecule has 0 aliphatic rings. The van der Waals surface area contributed by atoms with Gasteiger partial charge in [-0.15, -0.1) is 0 Å². The molecule has 0 spiro atoms. The van der Waals surface area contributed by atoms with Crippen LogP contribution in [-0.4, -0.2) is 15.8 Å². The molecular weight excluding hydrogens is 389 g/mol. The first-order chi connectivity index (χ1) is 13.2. The van der Waals surface area contributed by atoms with Gasteiger partial charge in [-0.2, -0.15) is 18.3 Å². The first-order valence-electron chi connectivity index (χ1n) is 8.45. The Kier molecular flexibility index (Phi) is 5.47. The van der Waals surface area contributed by atoms with Gasteiger partial charge in [-0.1, -0.05) is 17.7 Å². The van der Waals surface area contributed by atoms with Crippen molar-refractivity contribution in [3.63, 3.8) is 0 Å². The minimum Gasteiger partial charge on any atom is -0.318 e. The number of hydrogen-bond acceptors (Lipinski definition) is 3. The van der Waals surface area contributed by atoms with Gasteiger partial charge in [-0.3, -0.25) is 5.43 Å². The minimum atomic E-state index is -4.41. The average molecular weight is 407 g/mol. The molecule has 0 atom stereocenters. The fourth-order valence-corrected chi connectivity index (χ4v) is 3.09. The molecule has 0 fully saturated rings. The molecule has 0 amide bonds. The van der Waals surface area contributed by atoms with Crippen LogP contribution in [0.15, 0.2) is 47.7 Å². The van der Waals surface area contributed by atoms with Crippen molar-refractivity contribution in [2.45, 2.75) is 26.9 Å². The van der Waals surface area contributed by atoms with Crippen molar-refractivity contribution in [2.24, 2.45) is 5.10 Å². The van der Waals surface area contributed by atoms with Gasteiger partial charge in [0, 0.05) is 33.9 Å². The summed E-state index contributed by atoms with van der Waals surface area (Å²) >= 11 is 6.24. The Bertz CT molecular complexity index is 1020. The maximum atomic E-state index is 12.6. The van der Waals surface area contributed by atoms with Gasteiger partial charge < -0.3 is 4.57 Å². The molecule has 0 saturated heterocycles. The maximum absolute atomic E-state index is 12.6. The molecule has 4 nitrogen and oxygen atoms in total.